The summed E-state index contributed by atoms with van der Waals surface area (Å²) >= 11 is 0. The van der Waals surface area contributed by atoms with Gasteiger partial charge in [-0.3, -0.25) is 4.79 Å². The van der Waals surface area contributed by atoms with Crippen molar-refractivity contribution in [1.29, 1.82) is 0 Å². The highest BCUT2D eigenvalue weighted by molar-refractivity contribution is 6.69. The third kappa shape index (κ3) is 1.92. The fourth-order valence-corrected chi connectivity index (χ4v) is 2.03. The predicted molar refractivity (Wildman–Crippen MR) is 42.5 cm³/mol. The molecular formula is C7H14O2Si. The zero-order valence-electron chi connectivity index (χ0n) is 6.81. The van der Waals surface area contributed by atoms with Crippen molar-refractivity contribution in [3.8, 4) is 0 Å². The molecule has 1 atom stereocenters. The Morgan fingerprint density at radius 2 is 2.10 bits per heavy atom. The van der Waals surface area contributed by atoms with E-state index in [0.29, 0.717) is 5.78 Å². The summed E-state index contributed by atoms with van der Waals surface area (Å²) in [5.41, 5.74) is 0. The van der Waals surface area contributed by atoms with Gasteiger partial charge in [0.1, 0.15) is 6.10 Å². The van der Waals surface area contributed by atoms with Gasteiger partial charge in [-0.1, -0.05) is 0 Å². The van der Waals surface area contributed by atoms with Crippen molar-refractivity contribution in [3.63, 3.8) is 0 Å². The smallest absolute Gasteiger partial charge is 0.184 e. The summed E-state index contributed by atoms with van der Waals surface area (Å²) in [6, 6.07) is 0. The summed E-state index contributed by atoms with van der Waals surface area (Å²) in [5.74, 6) is 0.294. The van der Waals surface area contributed by atoms with Gasteiger partial charge >= 0.3 is 0 Å². The van der Waals surface area contributed by atoms with Crippen LogP contribution >= 0.6 is 0 Å². The molecule has 1 fully saturated rings. The van der Waals surface area contributed by atoms with Gasteiger partial charge in [0.05, 0.1) is 0 Å². The highest BCUT2D eigenvalue weighted by atomic mass is 28.4. The van der Waals surface area contributed by atoms with E-state index in [-0.39, 0.29) is 6.10 Å². The predicted octanol–water partition coefficient (Wildman–Crippen LogP) is 1.57. The van der Waals surface area contributed by atoms with Crippen LogP contribution in [0.5, 0.6) is 0 Å². The third-order valence-electron chi connectivity index (χ3n) is 1.51. The maximum absolute atomic E-state index is 10.8. The Morgan fingerprint density at radius 3 is 2.20 bits per heavy atom. The van der Waals surface area contributed by atoms with E-state index in [1.165, 1.54) is 0 Å². The molecule has 2 nitrogen and oxygen atoms in total. The zero-order chi connectivity index (χ0) is 7.78. The lowest BCUT2D eigenvalue weighted by molar-refractivity contribution is -0.133. The molecule has 0 aromatic rings. The van der Waals surface area contributed by atoms with Crippen LogP contribution in [0.2, 0.25) is 19.6 Å². The second-order valence-electron chi connectivity index (χ2n) is 3.72. The van der Waals surface area contributed by atoms with Gasteiger partial charge in [-0.05, 0) is 26.1 Å². The van der Waals surface area contributed by atoms with E-state index in [0.717, 1.165) is 12.8 Å². The average Bonchev–Trinajstić information content (AvgIpc) is 1.78. The molecule has 0 amide bonds. The normalized spacial score (nSPS) is 26.3. The minimum atomic E-state index is -1.45. The molecule has 0 aromatic carbocycles. The molecule has 1 unspecified atom stereocenters. The van der Waals surface area contributed by atoms with Gasteiger partial charge in [-0.15, -0.1) is 0 Å². The fourth-order valence-electron chi connectivity index (χ4n) is 0.931. The van der Waals surface area contributed by atoms with Gasteiger partial charge in [0, 0.05) is 6.42 Å². The summed E-state index contributed by atoms with van der Waals surface area (Å²) in [6.45, 7) is 6.33. The summed E-state index contributed by atoms with van der Waals surface area (Å²) in [4.78, 5) is 10.8. The first-order valence-electron chi connectivity index (χ1n) is 3.69. The Morgan fingerprint density at radius 1 is 1.50 bits per heavy atom. The molecule has 1 aliphatic rings. The lowest BCUT2D eigenvalue weighted by Gasteiger charge is -2.30. The number of hydrogen-bond donors (Lipinski definition) is 0. The molecule has 1 rings (SSSR count). The number of carbonyl (C=O) groups excluding carboxylic acids is 1. The summed E-state index contributed by atoms with van der Waals surface area (Å²) in [6.07, 6.45) is 1.64. The first-order chi connectivity index (χ1) is 4.49. The van der Waals surface area contributed by atoms with Gasteiger partial charge in [0.15, 0.2) is 14.1 Å². The van der Waals surface area contributed by atoms with Crippen molar-refractivity contribution < 1.29 is 9.22 Å². The maximum Gasteiger partial charge on any atom is 0.184 e. The largest absolute Gasteiger partial charge is 0.408 e. The summed E-state index contributed by atoms with van der Waals surface area (Å²) in [7, 11) is -1.45. The Labute approximate surface area is 62.7 Å². The lowest BCUT2D eigenvalue weighted by Crippen LogP contribution is -2.42. The van der Waals surface area contributed by atoms with E-state index < -0.39 is 8.32 Å². The molecule has 0 spiro atoms. The Balaban J connectivity index is 2.32. The average molecular weight is 158 g/mol. The number of Topliss-reactive ketones (excluding diaryl/α,β-unsaturated/α-hetero) is 1. The first-order valence-corrected chi connectivity index (χ1v) is 7.10. The minimum absolute atomic E-state index is 0.0355. The van der Waals surface area contributed by atoms with Gasteiger partial charge in [-0.25, -0.2) is 0 Å². The zero-order valence-corrected chi connectivity index (χ0v) is 7.81. The number of carbonyl (C=O) groups is 1. The van der Waals surface area contributed by atoms with E-state index in [9.17, 15) is 4.79 Å². The van der Waals surface area contributed by atoms with E-state index in [2.05, 4.69) is 19.6 Å². The molecule has 1 aliphatic carbocycles. The molecular weight excluding hydrogens is 144 g/mol. The Kier molecular flexibility index (Phi) is 1.96. The second-order valence-corrected chi connectivity index (χ2v) is 8.18. The molecule has 1 saturated carbocycles. The van der Waals surface area contributed by atoms with Crippen molar-refractivity contribution >= 4 is 14.1 Å². The van der Waals surface area contributed by atoms with Crippen molar-refractivity contribution in [2.24, 2.45) is 0 Å². The van der Waals surface area contributed by atoms with Crippen LogP contribution in [-0.4, -0.2) is 20.2 Å². The molecule has 0 aromatic heterocycles. The van der Waals surface area contributed by atoms with Gasteiger partial charge < -0.3 is 4.43 Å². The standard InChI is InChI=1S/C7H14O2Si/c1-10(2,3)9-7-5-4-6(7)8/h7H,4-5H2,1-3H3. The van der Waals surface area contributed by atoms with E-state index in [1.54, 1.807) is 0 Å². The quantitative estimate of drug-likeness (QED) is 0.570. The van der Waals surface area contributed by atoms with Crippen LogP contribution < -0.4 is 0 Å². The molecule has 0 bridgehead atoms. The van der Waals surface area contributed by atoms with E-state index in [4.69, 9.17) is 4.43 Å². The van der Waals surface area contributed by atoms with E-state index in [1.807, 2.05) is 0 Å². The lowest BCUT2D eigenvalue weighted by atomic mass is 9.95. The number of rotatable bonds is 2. The monoisotopic (exact) mass is 158 g/mol. The van der Waals surface area contributed by atoms with Crippen LogP contribution in [0.1, 0.15) is 12.8 Å². The minimum Gasteiger partial charge on any atom is -0.408 e. The van der Waals surface area contributed by atoms with Crippen LogP contribution in [-0.2, 0) is 9.22 Å². The highest BCUT2D eigenvalue weighted by Crippen LogP contribution is 2.21. The van der Waals surface area contributed by atoms with Crippen molar-refractivity contribution in [2.75, 3.05) is 0 Å². The SMILES string of the molecule is C[Si](C)(C)OC1CCC1=O. The van der Waals surface area contributed by atoms with Crippen LogP contribution in [0.15, 0.2) is 0 Å². The third-order valence-corrected chi connectivity index (χ3v) is 2.50. The fraction of sp³-hybridized carbons (Fsp3) is 0.857. The number of ketones is 1. The number of hydrogen-bond acceptors (Lipinski definition) is 2. The molecule has 10 heavy (non-hydrogen) atoms. The Bertz CT molecular complexity index is 148. The van der Waals surface area contributed by atoms with Crippen LogP contribution in [0.3, 0.4) is 0 Å². The van der Waals surface area contributed by atoms with E-state index >= 15 is 0 Å². The molecule has 0 radical (unpaired) electrons. The molecule has 3 heteroatoms. The highest BCUT2D eigenvalue weighted by Gasteiger charge is 2.32. The first kappa shape index (κ1) is 7.95. The van der Waals surface area contributed by atoms with Crippen LogP contribution in [0.25, 0.3) is 0 Å². The summed E-state index contributed by atoms with van der Waals surface area (Å²) in [5, 5.41) is 0. The maximum atomic E-state index is 10.8. The molecule has 0 saturated heterocycles. The van der Waals surface area contributed by atoms with Crippen LogP contribution in [0, 0.1) is 0 Å². The summed E-state index contributed by atoms with van der Waals surface area (Å²) < 4.78 is 5.58. The Hall–Kier alpha value is -0.153. The van der Waals surface area contributed by atoms with Crippen molar-refractivity contribution in [1.82, 2.24) is 0 Å². The van der Waals surface area contributed by atoms with Crippen molar-refractivity contribution in [2.45, 2.75) is 38.6 Å². The van der Waals surface area contributed by atoms with Crippen molar-refractivity contribution in [3.05, 3.63) is 0 Å². The topological polar surface area (TPSA) is 26.3 Å². The molecule has 58 valence electrons. The second kappa shape index (κ2) is 2.47. The molecule has 0 aliphatic heterocycles. The van der Waals surface area contributed by atoms with Gasteiger partial charge in [0.25, 0.3) is 0 Å². The van der Waals surface area contributed by atoms with Gasteiger partial charge in [0.2, 0.25) is 0 Å². The van der Waals surface area contributed by atoms with Crippen LogP contribution in [0.4, 0.5) is 0 Å². The van der Waals surface area contributed by atoms with Gasteiger partial charge in [-0.2, -0.15) is 0 Å². The molecule has 0 N–H and O–H groups in total. The molecule has 0 heterocycles.